The molecule has 10 nitrogen and oxygen atoms in total. The van der Waals surface area contributed by atoms with Gasteiger partial charge in [-0.15, -0.1) is 0 Å². The molecule has 0 aliphatic carbocycles. The van der Waals surface area contributed by atoms with Gasteiger partial charge in [0.1, 0.15) is 23.4 Å². The van der Waals surface area contributed by atoms with Gasteiger partial charge in [0.05, 0.1) is 17.1 Å². The third kappa shape index (κ3) is 4.92. The minimum atomic E-state index is -0.559. The second kappa shape index (κ2) is 10.4. The van der Waals surface area contributed by atoms with E-state index in [1.165, 1.54) is 6.33 Å². The number of amides is 1. The van der Waals surface area contributed by atoms with Gasteiger partial charge >= 0.3 is 6.09 Å². The molecule has 0 unspecified atom stereocenters. The Balaban J connectivity index is 1.27. The molecule has 4 heterocycles. The van der Waals surface area contributed by atoms with Gasteiger partial charge in [0.25, 0.3) is 0 Å². The van der Waals surface area contributed by atoms with E-state index in [4.69, 9.17) is 19.9 Å². The first-order valence-electron chi connectivity index (χ1n) is 14.5. The molecule has 0 spiro atoms. The number of rotatable bonds is 4. The van der Waals surface area contributed by atoms with Crippen molar-refractivity contribution in [2.45, 2.75) is 45.3 Å². The van der Waals surface area contributed by atoms with Crippen molar-refractivity contribution in [3.8, 4) is 22.6 Å². The predicted molar refractivity (Wildman–Crippen MR) is 167 cm³/mol. The van der Waals surface area contributed by atoms with E-state index in [9.17, 15) is 4.79 Å². The first kappa shape index (κ1) is 26.9. The largest absolute Gasteiger partial charge is 0.453 e. The predicted octanol–water partition coefficient (Wildman–Crippen LogP) is 6.88. The topological polar surface area (TPSA) is 117 Å². The number of hydrogen-bond acceptors (Lipinski definition) is 8. The number of hydrogen-bond donors (Lipinski definition) is 2. The molecule has 220 valence electrons. The van der Waals surface area contributed by atoms with Gasteiger partial charge in [-0.05, 0) is 57.2 Å². The molecule has 1 atom stereocenters. The van der Waals surface area contributed by atoms with Gasteiger partial charge in [-0.2, -0.15) is 0 Å². The van der Waals surface area contributed by atoms with Gasteiger partial charge in [0.15, 0.2) is 11.5 Å². The second-order valence-corrected chi connectivity index (χ2v) is 12.0. The van der Waals surface area contributed by atoms with Crippen molar-refractivity contribution in [1.82, 2.24) is 19.4 Å². The van der Waals surface area contributed by atoms with Crippen LogP contribution < -0.4 is 20.5 Å². The van der Waals surface area contributed by atoms with Crippen LogP contribution in [0.15, 0.2) is 67.1 Å². The van der Waals surface area contributed by atoms with E-state index >= 15 is 0 Å². The van der Waals surface area contributed by atoms with Crippen molar-refractivity contribution in [2.24, 2.45) is 0 Å². The van der Waals surface area contributed by atoms with Crippen LogP contribution in [0.2, 0.25) is 0 Å². The van der Waals surface area contributed by atoms with Crippen LogP contribution >= 0.6 is 0 Å². The number of carbonyl (C=O) groups is 1. The molecule has 0 bridgehead atoms. The molecule has 3 N–H and O–H groups in total. The van der Waals surface area contributed by atoms with Crippen molar-refractivity contribution < 1.29 is 19.0 Å². The molecular weight excluding hydrogens is 544 g/mol. The Labute approximate surface area is 249 Å². The Morgan fingerprint density at radius 1 is 1.00 bits per heavy atom. The normalized spacial score (nSPS) is 16.5. The fourth-order valence-electron chi connectivity index (χ4n) is 6.05. The van der Waals surface area contributed by atoms with E-state index in [0.717, 1.165) is 51.5 Å². The van der Waals surface area contributed by atoms with Crippen molar-refractivity contribution in [1.29, 1.82) is 0 Å². The fourth-order valence-corrected chi connectivity index (χ4v) is 6.05. The van der Waals surface area contributed by atoms with Gasteiger partial charge in [-0.1, -0.05) is 36.4 Å². The lowest BCUT2D eigenvalue weighted by molar-refractivity contribution is 0.0174. The number of nitrogen functional groups attached to an aromatic ring is 1. The molecule has 2 aliphatic rings. The number of likely N-dealkylation sites (tertiary alicyclic amines) is 1. The average molecular weight is 579 g/mol. The maximum Gasteiger partial charge on any atom is 0.410 e. The molecule has 3 aromatic carbocycles. The zero-order valence-electron chi connectivity index (χ0n) is 24.5. The number of nitrogens with two attached hydrogens (primary N) is 1. The number of anilines is 3. The third-order valence-corrected chi connectivity index (χ3v) is 7.95. The zero-order chi connectivity index (χ0) is 29.7. The minimum absolute atomic E-state index is 0.00987. The monoisotopic (exact) mass is 578 g/mol. The lowest BCUT2D eigenvalue weighted by Gasteiger charge is -2.34. The van der Waals surface area contributed by atoms with Crippen molar-refractivity contribution in [3.05, 3.63) is 67.1 Å². The molecule has 0 saturated carbocycles. The highest BCUT2D eigenvalue weighted by Gasteiger charge is 2.32. The Hall–Kier alpha value is -4.99. The highest BCUT2D eigenvalue weighted by atomic mass is 16.7. The van der Waals surface area contributed by atoms with E-state index in [1.807, 2.05) is 57.3 Å². The Morgan fingerprint density at radius 3 is 2.67 bits per heavy atom. The van der Waals surface area contributed by atoms with Gasteiger partial charge in [0, 0.05) is 41.5 Å². The van der Waals surface area contributed by atoms with Crippen LogP contribution in [-0.2, 0) is 4.74 Å². The Morgan fingerprint density at radius 2 is 1.81 bits per heavy atom. The summed E-state index contributed by atoms with van der Waals surface area (Å²) in [6, 6.07) is 18.4. The van der Waals surface area contributed by atoms with Gasteiger partial charge < -0.3 is 34.7 Å². The van der Waals surface area contributed by atoms with Crippen LogP contribution in [0.4, 0.5) is 22.0 Å². The van der Waals surface area contributed by atoms with Crippen molar-refractivity contribution in [3.63, 3.8) is 0 Å². The fraction of sp³-hybridized carbons (Fsp3) is 0.303. The minimum Gasteiger partial charge on any atom is -0.453 e. The van der Waals surface area contributed by atoms with Crippen LogP contribution in [0.5, 0.6) is 11.5 Å². The van der Waals surface area contributed by atoms with Crippen molar-refractivity contribution in [2.75, 3.05) is 30.9 Å². The number of fused-ring (bicyclic) bond motifs is 3. The highest BCUT2D eigenvalue weighted by Crippen LogP contribution is 2.49. The zero-order valence-corrected chi connectivity index (χ0v) is 24.5. The van der Waals surface area contributed by atoms with E-state index in [1.54, 1.807) is 4.90 Å². The summed E-state index contributed by atoms with van der Waals surface area (Å²) in [5, 5.41) is 6.56. The quantitative estimate of drug-likeness (QED) is 0.237. The molecule has 5 aromatic rings. The summed E-state index contributed by atoms with van der Waals surface area (Å²) >= 11 is 0. The Kier molecular flexibility index (Phi) is 6.49. The SMILES string of the molecule is CC(C)(C)OC(=O)N1CCC[C@@H](n2cc(-c3ccc(Nc4cccc5ccccc45)c4c3OCO4)c3c(N)ncnc32)C1. The molecule has 1 amide bonds. The van der Waals surface area contributed by atoms with E-state index in [2.05, 4.69) is 44.1 Å². The number of carbonyl (C=O) groups excluding carboxylic acids is 1. The van der Waals surface area contributed by atoms with Crippen LogP contribution in [0.3, 0.4) is 0 Å². The van der Waals surface area contributed by atoms with Crippen LogP contribution in [0, 0.1) is 0 Å². The van der Waals surface area contributed by atoms with E-state index in [-0.39, 0.29) is 18.9 Å². The molecule has 10 heteroatoms. The van der Waals surface area contributed by atoms with Gasteiger partial charge in [-0.25, -0.2) is 14.8 Å². The number of benzene rings is 3. The van der Waals surface area contributed by atoms with Gasteiger partial charge in [0.2, 0.25) is 6.79 Å². The van der Waals surface area contributed by atoms with Crippen LogP contribution in [0.1, 0.15) is 39.7 Å². The molecule has 43 heavy (non-hydrogen) atoms. The summed E-state index contributed by atoms with van der Waals surface area (Å²) in [5.41, 5.74) is 10.1. The number of nitrogens with one attached hydrogen (secondary N) is 1. The Bertz CT molecular complexity index is 1860. The smallest absolute Gasteiger partial charge is 0.410 e. The number of aromatic nitrogens is 3. The van der Waals surface area contributed by atoms with Crippen LogP contribution in [-0.4, -0.2) is 51.0 Å². The molecule has 1 fully saturated rings. The third-order valence-electron chi connectivity index (χ3n) is 7.95. The lowest BCUT2D eigenvalue weighted by atomic mass is 10.0. The molecule has 1 saturated heterocycles. The summed E-state index contributed by atoms with van der Waals surface area (Å²) in [6.07, 6.45) is 4.96. The maximum atomic E-state index is 12.9. The number of ether oxygens (including phenoxy) is 3. The number of piperidine rings is 1. The molecule has 0 radical (unpaired) electrons. The van der Waals surface area contributed by atoms with Gasteiger partial charge in [-0.3, -0.25) is 0 Å². The first-order chi connectivity index (χ1) is 20.8. The number of nitrogens with zero attached hydrogens (tertiary/aromatic N) is 4. The molecule has 2 aliphatic heterocycles. The lowest BCUT2D eigenvalue weighted by Crippen LogP contribution is -2.43. The van der Waals surface area contributed by atoms with Crippen molar-refractivity contribution >= 4 is 45.1 Å². The summed E-state index contributed by atoms with van der Waals surface area (Å²) in [5.74, 6) is 1.64. The molecule has 7 rings (SSSR count). The molecular formula is C33H34N6O4. The van der Waals surface area contributed by atoms with E-state index in [0.29, 0.717) is 36.1 Å². The van der Waals surface area contributed by atoms with Crippen LogP contribution in [0.25, 0.3) is 32.9 Å². The molecule has 2 aromatic heterocycles. The summed E-state index contributed by atoms with van der Waals surface area (Å²) in [6.45, 7) is 6.90. The second-order valence-electron chi connectivity index (χ2n) is 12.0. The summed E-state index contributed by atoms with van der Waals surface area (Å²) < 4.78 is 19.9. The highest BCUT2D eigenvalue weighted by molar-refractivity contribution is 6.03. The van der Waals surface area contributed by atoms with E-state index < -0.39 is 5.60 Å². The first-order valence-corrected chi connectivity index (χ1v) is 14.5. The maximum absolute atomic E-state index is 12.9. The standard InChI is InChI=1S/C33H34N6O4/c1-33(2,3)43-32(40)38-15-7-10-21(16-38)39-17-24(27-30(34)35-18-36-31(27)39)23-13-14-26(29-28(23)41-19-42-29)37-25-12-6-9-20-8-4-5-11-22(20)25/h4-6,8-9,11-14,17-18,21,37H,7,10,15-16,19H2,1-3H3,(H2,34,35,36)/t21-/m1/s1. The average Bonchev–Trinajstić information content (AvgIpc) is 3.64. The summed E-state index contributed by atoms with van der Waals surface area (Å²) in [4.78, 5) is 23.6. The summed E-state index contributed by atoms with van der Waals surface area (Å²) in [7, 11) is 0.